The zero-order valence-corrected chi connectivity index (χ0v) is 20.1. The zero-order valence-electron chi connectivity index (χ0n) is 19.4. The number of aromatic nitrogens is 2. The molecule has 0 N–H and O–H groups in total. The Hall–Kier alpha value is -3.07. The van der Waals surface area contributed by atoms with Crippen LogP contribution in [0.3, 0.4) is 0 Å². The molecule has 0 atom stereocenters. The van der Waals surface area contributed by atoms with Crippen molar-refractivity contribution in [1.29, 1.82) is 0 Å². The molecule has 10 heteroatoms. The predicted molar refractivity (Wildman–Crippen MR) is 126 cm³/mol. The van der Waals surface area contributed by atoms with Crippen molar-refractivity contribution in [3.8, 4) is 11.3 Å². The van der Waals surface area contributed by atoms with Gasteiger partial charge in [-0.3, -0.25) is 14.3 Å². The van der Waals surface area contributed by atoms with E-state index in [-0.39, 0.29) is 31.5 Å². The van der Waals surface area contributed by atoms with Gasteiger partial charge in [0.05, 0.1) is 17.7 Å². The van der Waals surface area contributed by atoms with Crippen molar-refractivity contribution in [2.24, 2.45) is 5.92 Å². The van der Waals surface area contributed by atoms with Crippen molar-refractivity contribution < 1.29 is 27.5 Å². The van der Waals surface area contributed by atoms with Gasteiger partial charge < -0.3 is 9.64 Å². The first-order chi connectivity index (χ1) is 16.6. The van der Waals surface area contributed by atoms with Crippen LogP contribution in [0.2, 0.25) is 5.02 Å². The lowest BCUT2D eigenvalue weighted by atomic mass is 9.98. The fourth-order valence-electron chi connectivity index (χ4n) is 4.07. The Morgan fingerprint density at radius 1 is 1.17 bits per heavy atom. The maximum absolute atomic E-state index is 13.6. The number of hydrogen-bond acceptors (Lipinski definition) is 4. The first kappa shape index (κ1) is 25.0. The second-order valence-corrected chi connectivity index (χ2v) is 8.91. The minimum Gasteiger partial charge on any atom is -0.465 e. The number of nitrogens with zero attached hydrogens (tertiary/aromatic N) is 3. The van der Waals surface area contributed by atoms with Crippen molar-refractivity contribution >= 4 is 34.4 Å². The Bertz CT molecular complexity index is 1270. The highest BCUT2D eigenvalue weighted by Crippen LogP contribution is 2.38. The number of hydrogen-bond donors (Lipinski definition) is 0. The lowest BCUT2D eigenvalue weighted by Gasteiger charge is -2.23. The molecule has 2 aromatic carbocycles. The molecule has 0 saturated heterocycles. The van der Waals surface area contributed by atoms with Gasteiger partial charge in [-0.15, -0.1) is 0 Å². The predicted octanol–water partition coefficient (Wildman–Crippen LogP) is 5.70. The van der Waals surface area contributed by atoms with E-state index < -0.39 is 17.7 Å². The first-order valence-corrected chi connectivity index (χ1v) is 11.8. The normalized spacial score (nSPS) is 13.8. The number of carbonyl (C=O) groups is 2. The molecule has 0 unspecified atom stereocenters. The summed E-state index contributed by atoms with van der Waals surface area (Å²) >= 11 is 6.23. The van der Waals surface area contributed by atoms with Crippen molar-refractivity contribution in [3.63, 3.8) is 0 Å². The van der Waals surface area contributed by atoms with E-state index in [0.29, 0.717) is 39.3 Å². The third kappa shape index (κ3) is 5.45. The summed E-state index contributed by atoms with van der Waals surface area (Å²) < 4.78 is 47.2. The number of ether oxygens (including phenoxy) is 1. The molecule has 6 nitrogen and oxygen atoms in total. The summed E-state index contributed by atoms with van der Waals surface area (Å²) in [6, 6.07) is 8.45. The van der Waals surface area contributed by atoms with Crippen LogP contribution in [0.1, 0.15) is 37.8 Å². The number of halogens is 4. The Morgan fingerprint density at radius 3 is 2.54 bits per heavy atom. The molecule has 1 heterocycles. The maximum atomic E-state index is 13.6. The summed E-state index contributed by atoms with van der Waals surface area (Å²) in [5, 5.41) is 5.57. The molecule has 4 rings (SSSR count). The lowest BCUT2D eigenvalue weighted by molar-refractivity contribution is -0.144. The van der Waals surface area contributed by atoms with Crippen molar-refractivity contribution in [1.82, 2.24) is 14.7 Å². The van der Waals surface area contributed by atoms with Gasteiger partial charge in [0.15, 0.2) is 0 Å². The van der Waals surface area contributed by atoms with Crippen LogP contribution in [-0.4, -0.2) is 39.7 Å². The summed E-state index contributed by atoms with van der Waals surface area (Å²) in [6.07, 6.45) is -2.95. The fraction of sp³-hybridized carbons (Fsp3) is 0.400. The average Bonchev–Trinajstić information content (AvgIpc) is 3.60. The molecular formula is C25H25ClF3N3O3. The number of fused-ring (bicyclic) bond motifs is 1. The van der Waals surface area contributed by atoms with Gasteiger partial charge in [-0.05, 0) is 62.6 Å². The van der Waals surface area contributed by atoms with Gasteiger partial charge in [-0.2, -0.15) is 18.3 Å². The highest BCUT2D eigenvalue weighted by Gasteiger charge is 2.35. The van der Waals surface area contributed by atoms with Crippen LogP contribution in [0.5, 0.6) is 0 Å². The second-order valence-electron chi connectivity index (χ2n) is 8.47. The van der Waals surface area contributed by atoms with Crippen LogP contribution in [0.25, 0.3) is 22.2 Å². The Kier molecular flexibility index (Phi) is 7.07. The topological polar surface area (TPSA) is 64.4 Å². The van der Waals surface area contributed by atoms with Gasteiger partial charge in [0.1, 0.15) is 12.2 Å². The first-order valence-electron chi connectivity index (χ1n) is 11.4. The van der Waals surface area contributed by atoms with E-state index in [1.807, 2.05) is 0 Å². The molecule has 1 amide bonds. The minimum atomic E-state index is -4.54. The molecule has 3 aromatic rings. The van der Waals surface area contributed by atoms with Crippen LogP contribution >= 0.6 is 11.6 Å². The average molecular weight is 508 g/mol. The van der Waals surface area contributed by atoms with Crippen LogP contribution < -0.4 is 0 Å². The van der Waals surface area contributed by atoms with Crippen LogP contribution in [0.15, 0.2) is 36.4 Å². The largest absolute Gasteiger partial charge is 0.465 e. The highest BCUT2D eigenvalue weighted by molar-refractivity contribution is 6.31. The quantitative estimate of drug-likeness (QED) is 0.367. The number of amides is 1. The van der Waals surface area contributed by atoms with Gasteiger partial charge >= 0.3 is 12.1 Å². The molecular weight excluding hydrogens is 483 g/mol. The maximum Gasteiger partial charge on any atom is 0.416 e. The second kappa shape index (κ2) is 9.89. The highest BCUT2D eigenvalue weighted by atomic mass is 35.5. The van der Waals surface area contributed by atoms with E-state index in [1.165, 1.54) is 10.7 Å². The van der Waals surface area contributed by atoms with E-state index >= 15 is 0 Å². The number of carbonyl (C=O) groups excluding carboxylic acids is 2. The third-order valence-electron chi connectivity index (χ3n) is 5.97. The number of alkyl halides is 3. The molecule has 0 bridgehead atoms. The lowest BCUT2D eigenvalue weighted by Crippen LogP contribution is -2.31. The Labute approximate surface area is 205 Å². The molecule has 1 saturated carbocycles. The van der Waals surface area contributed by atoms with Crippen molar-refractivity contribution in [2.45, 2.75) is 46.0 Å². The summed E-state index contributed by atoms with van der Waals surface area (Å²) in [7, 11) is 0. The Morgan fingerprint density at radius 2 is 1.91 bits per heavy atom. The molecule has 1 aromatic heterocycles. The Balaban J connectivity index is 1.85. The van der Waals surface area contributed by atoms with Gasteiger partial charge in [0, 0.05) is 35.0 Å². The molecule has 1 aliphatic carbocycles. The molecule has 0 spiro atoms. The number of benzene rings is 2. The summed E-state index contributed by atoms with van der Waals surface area (Å²) in [5.41, 5.74) is 0.919. The molecule has 186 valence electrons. The fourth-order valence-corrected chi connectivity index (χ4v) is 4.24. The standard InChI is InChI=1S/C25H25ClF3N3O3/c1-3-31(24(34)15-5-6-15)13-16-11-17(25(27,28)29)7-9-19(16)23-20-12-18(26)8-10-21(20)32(30-23)14-22(33)35-4-2/h7-12,15H,3-6,13-14H2,1-2H3. The zero-order chi connectivity index (χ0) is 25.3. The van der Waals surface area contributed by atoms with Gasteiger partial charge in [0.25, 0.3) is 0 Å². The molecule has 1 aliphatic rings. The van der Waals surface area contributed by atoms with Crippen LogP contribution in [0.4, 0.5) is 13.2 Å². The number of rotatable bonds is 8. The van der Waals surface area contributed by atoms with E-state index in [0.717, 1.165) is 25.0 Å². The monoisotopic (exact) mass is 507 g/mol. The third-order valence-corrected chi connectivity index (χ3v) is 6.20. The van der Waals surface area contributed by atoms with Gasteiger partial charge in [-0.25, -0.2) is 0 Å². The van der Waals surface area contributed by atoms with Crippen LogP contribution in [-0.2, 0) is 33.6 Å². The van der Waals surface area contributed by atoms with Crippen molar-refractivity contribution in [3.05, 3.63) is 52.5 Å². The van der Waals surface area contributed by atoms with Gasteiger partial charge in [0.2, 0.25) is 5.91 Å². The van der Waals surface area contributed by atoms with Crippen molar-refractivity contribution in [2.75, 3.05) is 13.2 Å². The van der Waals surface area contributed by atoms with E-state index in [1.54, 1.807) is 36.9 Å². The SMILES string of the molecule is CCOC(=O)Cn1nc(-c2ccc(C(F)(F)F)cc2CN(CC)C(=O)C2CC2)c2cc(Cl)ccc21. The minimum absolute atomic E-state index is 0.0118. The number of esters is 1. The smallest absolute Gasteiger partial charge is 0.416 e. The summed E-state index contributed by atoms with van der Waals surface area (Å²) in [6.45, 7) is 3.93. The molecule has 1 fully saturated rings. The molecule has 0 aliphatic heterocycles. The van der Waals surface area contributed by atoms with E-state index in [9.17, 15) is 22.8 Å². The summed E-state index contributed by atoms with van der Waals surface area (Å²) in [5.74, 6) is -0.609. The summed E-state index contributed by atoms with van der Waals surface area (Å²) in [4.78, 5) is 26.4. The van der Waals surface area contributed by atoms with Crippen LogP contribution in [0, 0.1) is 5.92 Å². The van der Waals surface area contributed by atoms with E-state index in [4.69, 9.17) is 16.3 Å². The molecule has 35 heavy (non-hydrogen) atoms. The molecule has 0 radical (unpaired) electrons. The van der Waals surface area contributed by atoms with Gasteiger partial charge in [-0.1, -0.05) is 17.7 Å². The van der Waals surface area contributed by atoms with E-state index in [2.05, 4.69) is 5.10 Å².